The van der Waals surface area contributed by atoms with Crippen molar-refractivity contribution in [2.75, 3.05) is 0 Å². The molecule has 0 aromatic heterocycles. The van der Waals surface area contributed by atoms with Gasteiger partial charge in [-0.1, -0.05) is 61.1 Å². The van der Waals surface area contributed by atoms with E-state index in [1.165, 1.54) is 6.92 Å². The van der Waals surface area contributed by atoms with Gasteiger partial charge in [-0.3, -0.25) is 14.8 Å². The molecule has 1 aromatic carbocycles. The second kappa shape index (κ2) is 10.6. The molecular weight excluding hydrogens is 470 g/mol. The van der Waals surface area contributed by atoms with Crippen LogP contribution in [0.4, 0.5) is 0 Å². The molecule has 7 heteroatoms. The van der Waals surface area contributed by atoms with Crippen LogP contribution in [0, 0.1) is 23.2 Å². The third-order valence-electron chi connectivity index (χ3n) is 8.47. The fourth-order valence-corrected chi connectivity index (χ4v) is 6.88. The van der Waals surface area contributed by atoms with Gasteiger partial charge in [-0.05, 0) is 63.2 Å². The largest absolute Gasteiger partial charge is 0.457 e. The minimum atomic E-state index is -1.29. The number of amides is 1. The highest BCUT2D eigenvalue weighted by Crippen LogP contribution is 2.57. The number of allylic oxidation sites excluding steroid dienone is 1. The van der Waals surface area contributed by atoms with Crippen LogP contribution in [-0.4, -0.2) is 46.1 Å². The molecule has 3 aliphatic rings. The average molecular weight is 510 g/mol. The van der Waals surface area contributed by atoms with Crippen molar-refractivity contribution in [3.63, 3.8) is 0 Å². The van der Waals surface area contributed by atoms with E-state index < -0.39 is 35.1 Å². The van der Waals surface area contributed by atoms with Gasteiger partial charge in [0.15, 0.2) is 0 Å². The minimum Gasteiger partial charge on any atom is -0.457 e. The van der Waals surface area contributed by atoms with Crippen molar-refractivity contribution in [1.29, 1.82) is 0 Å². The van der Waals surface area contributed by atoms with Crippen molar-refractivity contribution in [1.82, 2.24) is 5.32 Å². The molecule has 8 atom stereocenters. The Kier molecular flexibility index (Phi) is 7.79. The number of hydrogen-bond donors (Lipinski definition) is 3. The smallest absolute Gasteiger partial charge is 0.303 e. The second-order valence-electron chi connectivity index (χ2n) is 11.3. The van der Waals surface area contributed by atoms with E-state index in [4.69, 9.17) is 9.62 Å². The van der Waals surface area contributed by atoms with Crippen LogP contribution in [0.1, 0.15) is 53.0 Å². The van der Waals surface area contributed by atoms with Gasteiger partial charge in [0.05, 0.1) is 5.60 Å². The molecule has 37 heavy (non-hydrogen) atoms. The van der Waals surface area contributed by atoms with Gasteiger partial charge >= 0.3 is 5.97 Å². The lowest BCUT2D eigenvalue weighted by molar-refractivity contribution is -0.288. The maximum Gasteiger partial charge on any atom is 0.303 e. The molecule has 1 aromatic rings. The van der Waals surface area contributed by atoms with Crippen LogP contribution >= 0.6 is 0 Å². The molecule has 1 aliphatic heterocycles. The van der Waals surface area contributed by atoms with Gasteiger partial charge in [0.25, 0.3) is 0 Å². The van der Waals surface area contributed by atoms with E-state index in [0.717, 1.165) is 16.7 Å². The van der Waals surface area contributed by atoms with Gasteiger partial charge < -0.3 is 15.2 Å². The zero-order chi connectivity index (χ0) is 27.0. The third kappa shape index (κ3) is 5.05. The summed E-state index contributed by atoms with van der Waals surface area (Å²) in [6.45, 7) is 8.99. The summed E-state index contributed by atoms with van der Waals surface area (Å²) in [6.07, 6.45) is 7.24. The van der Waals surface area contributed by atoms with Crippen LogP contribution in [0.2, 0.25) is 0 Å². The Morgan fingerprint density at radius 2 is 1.86 bits per heavy atom. The number of aliphatic hydroxyl groups is 1. The van der Waals surface area contributed by atoms with Gasteiger partial charge in [-0.15, -0.1) is 0 Å². The molecule has 0 unspecified atom stereocenters. The Balaban J connectivity index is 1.97. The van der Waals surface area contributed by atoms with Crippen LogP contribution in [-0.2, 0) is 25.6 Å². The normalized spacial score (nSPS) is 37.9. The molecule has 200 valence electrons. The van der Waals surface area contributed by atoms with E-state index in [1.54, 1.807) is 19.1 Å². The number of ether oxygens (including phenoxy) is 1. The topological polar surface area (TPSA) is 105 Å². The van der Waals surface area contributed by atoms with Crippen molar-refractivity contribution < 1.29 is 29.6 Å². The van der Waals surface area contributed by atoms with Gasteiger partial charge in [0.1, 0.15) is 17.6 Å². The molecule has 1 spiro atoms. The van der Waals surface area contributed by atoms with Gasteiger partial charge in [0.2, 0.25) is 5.91 Å². The summed E-state index contributed by atoms with van der Waals surface area (Å²) in [4.78, 5) is 31.7. The molecule has 0 bridgehead atoms. The Morgan fingerprint density at radius 3 is 2.51 bits per heavy atom. The van der Waals surface area contributed by atoms with Crippen molar-refractivity contribution >= 4 is 11.9 Å². The van der Waals surface area contributed by atoms with E-state index in [2.05, 4.69) is 12.2 Å². The summed E-state index contributed by atoms with van der Waals surface area (Å²) in [5.74, 6) is -1.59. The zero-order valence-electron chi connectivity index (χ0n) is 22.3. The number of rotatable bonds is 4. The Hall–Kier alpha value is -2.74. The highest BCUT2D eigenvalue weighted by atomic mass is 17.1. The number of carbonyl (C=O) groups is 2. The molecule has 0 radical (unpaired) electrons. The lowest BCUT2D eigenvalue weighted by atomic mass is 9.54. The van der Waals surface area contributed by atoms with E-state index in [1.807, 2.05) is 56.3 Å². The van der Waals surface area contributed by atoms with Crippen molar-refractivity contribution in [3.05, 3.63) is 71.3 Å². The predicted molar refractivity (Wildman–Crippen MR) is 140 cm³/mol. The molecule has 7 nitrogen and oxygen atoms in total. The summed E-state index contributed by atoms with van der Waals surface area (Å²) >= 11 is 0. The summed E-state index contributed by atoms with van der Waals surface area (Å²) in [6, 6.07) is 9.69. The molecule has 3 N–H and O–H groups in total. The van der Waals surface area contributed by atoms with Crippen LogP contribution < -0.4 is 5.32 Å². The fraction of sp³-hybridized carbons (Fsp3) is 0.533. The summed E-state index contributed by atoms with van der Waals surface area (Å²) < 4.78 is 5.91. The lowest BCUT2D eigenvalue weighted by Gasteiger charge is -2.49. The Bertz CT molecular complexity index is 1110. The number of nitrogens with one attached hydrogen (secondary N) is 1. The summed E-state index contributed by atoms with van der Waals surface area (Å²) in [5.41, 5.74) is 0.407. The maximum atomic E-state index is 14.3. The van der Waals surface area contributed by atoms with Crippen LogP contribution in [0.3, 0.4) is 0 Å². The fourth-order valence-electron chi connectivity index (χ4n) is 6.88. The molecule has 1 heterocycles. The van der Waals surface area contributed by atoms with Gasteiger partial charge in [-0.25, -0.2) is 4.89 Å². The SMILES string of the molecule is CC(=O)O[C@@H]1C=C[C@](C)(O)C[C@@H](C)CC=C[C@H]2[C@H](OO)C(C)=C(C)[C@H]3[C@H](Cc4ccccc4)NC(=O)[C@@]123. The monoisotopic (exact) mass is 509 g/mol. The average Bonchev–Trinajstić information content (AvgIpc) is 3.11. The van der Waals surface area contributed by atoms with E-state index in [9.17, 15) is 20.0 Å². The Labute approximate surface area is 219 Å². The molecule has 1 amide bonds. The summed E-state index contributed by atoms with van der Waals surface area (Å²) in [5, 5.41) is 24.5. The highest BCUT2D eigenvalue weighted by Gasteiger charge is 2.67. The quantitative estimate of drug-likeness (QED) is 0.241. The van der Waals surface area contributed by atoms with Crippen LogP contribution in [0.25, 0.3) is 0 Å². The van der Waals surface area contributed by atoms with Crippen molar-refractivity contribution in [2.24, 2.45) is 23.2 Å². The first-order chi connectivity index (χ1) is 17.5. The molecule has 2 aliphatic carbocycles. The van der Waals surface area contributed by atoms with Crippen LogP contribution in [0.5, 0.6) is 0 Å². The number of benzene rings is 1. The van der Waals surface area contributed by atoms with Gasteiger partial charge in [0, 0.05) is 24.8 Å². The van der Waals surface area contributed by atoms with E-state index in [0.29, 0.717) is 19.3 Å². The first kappa shape index (κ1) is 27.3. The first-order valence-electron chi connectivity index (χ1n) is 13.1. The van der Waals surface area contributed by atoms with Gasteiger partial charge in [-0.2, -0.15) is 0 Å². The third-order valence-corrected chi connectivity index (χ3v) is 8.47. The van der Waals surface area contributed by atoms with E-state index >= 15 is 0 Å². The summed E-state index contributed by atoms with van der Waals surface area (Å²) in [7, 11) is 0. The number of hydrogen-bond acceptors (Lipinski definition) is 6. The van der Waals surface area contributed by atoms with Crippen LogP contribution in [0.15, 0.2) is 65.8 Å². The second-order valence-corrected chi connectivity index (χ2v) is 11.3. The Morgan fingerprint density at radius 1 is 1.16 bits per heavy atom. The van der Waals surface area contributed by atoms with E-state index in [-0.39, 0.29) is 23.8 Å². The first-order valence-corrected chi connectivity index (χ1v) is 13.1. The number of esters is 1. The molecular formula is C30H39NO6. The standard InChI is InChI=1S/C30H39NO6/c1-18-10-9-13-23-27(37-35)20(3)19(2)26-24(16-22-11-7-6-8-12-22)31-28(33)30(23,26)25(36-21(4)32)14-15-29(5,34)17-18/h6-9,11-15,18,23-27,34-35H,10,16-17H2,1-5H3,(H,31,33)/t18-,23-,24-,25+,26-,27+,29-,30+/m0/s1. The highest BCUT2D eigenvalue weighted by molar-refractivity contribution is 5.89. The molecule has 1 saturated heterocycles. The number of carbonyl (C=O) groups excluding carboxylic acids is 2. The lowest BCUT2D eigenvalue weighted by Crippen LogP contribution is -2.58. The van der Waals surface area contributed by atoms with Crippen molar-refractivity contribution in [3.8, 4) is 0 Å². The maximum absolute atomic E-state index is 14.3. The predicted octanol–water partition coefficient (Wildman–Crippen LogP) is 4.38. The van der Waals surface area contributed by atoms with Crippen molar-refractivity contribution in [2.45, 2.75) is 77.7 Å². The molecule has 4 rings (SSSR count). The minimum absolute atomic E-state index is 0.159. The molecule has 0 saturated carbocycles. The molecule has 1 fully saturated rings. The zero-order valence-corrected chi connectivity index (χ0v) is 22.3.